The molecule has 0 amide bonds. The number of rotatable bonds is 4. The highest BCUT2D eigenvalue weighted by Gasteiger charge is 2.12. The van der Waals surface area contributed by atoms with Gasteiger partial charge in [0.1, 0.15) is 24.0 Å². The molecule has 104 valence electrons. The van der Waals surface area contributed by atoms with Gasteiger partial charge in [0, 0.05) is 10.6 Å². The van der Waals surface area contributed by atoms with Gasteiger partial charge in [0.15, 0.2) is 0 Å². The van der Waals surface area contributed by atoms with Crippen LogP contribution in [0.25, 0.3) is 0 Å². The Hall–Kier alpha value is -1.78. The molecule has 0 saturated heterocycles. The molecular weight excluding hydrogens is 302 g/mol. The van der Waals surface area contributed by atoms with Crippen molar-refractivity contribution >= 4 is 29.0 Å². The lowest BCUT2D eigenvalue weighted by molar-refractivity contribution is 0.305. The van der Waals surface area contributed by atoms with Crippen molar-refractivity contribution in [2.45, 2.75) is 6.61 Å². The van der Waals surface area contributed by atoms with Crippen LogP contribution in [0.2, 0.25) is 10.0 Å². The first kappa shape index (κ1) is 14.6. The lowest BCUT2D eigenvalue weighted by Gasteiger charge is -2.12. The zero-order chi connectivity index (χ0) is 14.7. The van der Waals surface area contributed by atoms with E-state index in [0.717, 1.165) is 0 Å². The number of amidine groups is 1. The van der Waals surface area contributed by atoms with Crippen molar-refractivity contribution in [1.29, 1.82) is 5.41 Å². The largest absolute Gasteiger partial charge is 0.488 e. The predicted molar refractivity (Wildman–Crippen MR) is 78.2 cm³/mol. The van der Waals surface area contributed by atoms with Crippen LogP contribution in [0, 0.1) is 11.2 Å². The normalized spacial score (nSPS) is 10.3. The van der Waals surface area contributed by atoms with E-state index in [2.05, 4.69) is 0 Å². The minimum Gasteiger partial charge on any atom is -0.488 e. The summed E-state index contributed by atoms with van der Waals surface area (Å²) in [5.74, 6) is -0.243. The third-order valence-electron chi connectivity index (χ3n) is 2.64. The number of hydrogen-bond acceptors (Lipinski definition) is 2. The van der Waals surface area contributed by atoms with Crippen molar-refractivity contribution in [2.75, 3.05) is 0 Å². The van der Waals surface area contributed by atoms with E-state index < -0.39 is 5.82 Å². The molecule has 0 heterocycles. The summed E-state index contributed by atoms with van der Waals surface area (Å²) in [6.07, 6.45) is 0. The Kier molecular flexibility index (Phi) is 4.47. The molecular formula is C14H11Cl2FN2O. The third kappa shape index (κ3) is 3.21. The van der Waals surface area contributed by atoms with Gasteiger partial charge in [0.25, 0.3) is 0 Å². The van der Waals surface area contributed by atoms with Crippen LogP contribution in [0.5, 0.6) is 5.75 Å². The molecule has 0 aliphatic rings. The van der Waals surface area contributed by atoms with E-state index in [0.29, 0.717) is 26.9 Å². The van der Waals surface area contributed by atoms with E-state index >= 15 is 0 Å². The topological polar surface area (TPSA) is 59.1 Å². The minimum atomic E-state index is -0.397. The van der Waals surface area contributed by atoms with Crippen molar-refractivity contribution in [2.24, 2.45) is 5.73 Å². The molecule has 3 nitrogen and oxygen atoms in total. The number of nitrogens with two attached hydrogens (primary N) is 1. The Morgan fingerprint density at radius 1 is 1.20 bits per heavy atom. The van der Waals surface area contributed by atoms with Crippen LogP contribution < -0.4 is 10.5 Å². The number of ether oxygens (including phenoxy) is 1. The van der Waals surface area contributed by atoms with Gasteiger partial charge in [-0.25, -0.2) is 4.39 Å². The molecule has 2 aromatic carbocycles. The molecule has 0 bridgehead atoms. The number of halogens is 3. The zero-order valence-electron chi connectivity index (χ0n) is 10.3. The average Bonchev–Trinajstić information content (AvgIpc) is 2.39. The molecule has 0 saturated carbocycles. The summed E-state index contributed by atoms with van der Waals surface area (Å²) in [4.78, 5) is 0. The van der Waals surface area contributed by atoms with Gasteiger partial charge >= 0.3 is 0 Å². The van der Waals surface area contributed by atoms with Crippen LogP contribution in [0.1, 0.15) is 11.1 Å². The smallest absolute Gasteiger partial charge is 0.132 e. The first-order valence-electron chi connectivity index (χ1n) is 5.68. The highest BCUT2D eigenvalue weighted by molar-refractivity contribution is 6.34. The molecule has 0 fully saturated rings. The van der Waals surface area contributed by atoms with Crippen LogP contribution in [0.4, 0.5) is 4.39 Å². The second-order valence-electron chi connectivity index (χ2n) is 4.05. The number of benzene rings is 2. The fourth-order valence-corrected chi connectivity index (χ4v) is 2.14. The maximum Gasteiger partial charge on any atom is 0.132 e. The lowest BCUT2D eigenvalue weighted by Crippen LogP contribution is -2.14. The quantitative estimate of drug-likeness (QED) is 0.662. The van der Waals surface area contributed by atoms with Crippen molar-refractivity contribution in [3.8, 4) is 5.75 Å². The summed E-state index contributed by atoms with van der Waals surface area (Å²) in [5, 5.41) is 8.22. The van der Waals surface area contributed by atoms with E-state index in [1.165, 1.54) is 18.2 Å². The average molecular weight is 313 g/mol. The maximum absolute atomic E-state index is 13.2. The van der Waals surface area contributed by atoms with E-state index in [-0.39, 0.29) is 12.4 Å². The number of nitrogens with one attached hydrogen (secondary N) is 1. The molecule has 0 aliphatic carbocycles. The minimum absolute atomic E-state index is 0.0528. The molecule has 2 aromatic rings. The molecule has 0 unspecified atom stereocenters. The molecule has 2 rings (SSSR count). The fraction of sp³-hybridized carbons (Fsp3) is 0.0714. The first-order valence-corrected chi connectivity index (χ1v) is 6.44. The van der Waals surface area contributed by atoms with Crippen molar-refractivity contribution in [3.63, 3.8) is 0 Å². The highest BCUT2D eigenvalue weighted by atomic mass is 35.5. The fourth-order valence-electron chi connectivity index (χ4n) is 1.70. The second kappa shape index (κ2) is 6.11. The molecule has 0 atom stereocenters. The van der Waals surface area contributed by atoms with Gasteiger partial charge in [0.05, 0.1) is 10.6 Å². The molecule has 20 heavy (non-hydrogen) atoms. The summed E-state index contributed by atoms with van der Waals surface area (Å²) in [6, 6.07) is 8.94. The first-order chi connectivity index (χ1) is 9.49. The lowest BCUT2D eigenvalue weighted by atomic mass is 10.2. The van der Waals surface area contributed by atoms with Gasteiger partial charge in [-0.3, -0.25) is 5.41 Å². The SMILES string of the molecule is N=C(N)c1c(Cl)cccc1OCc1cc(F)ccc1Cl. The molecule has 6 heteroatoms. The van der Waals surface area contributed by atoms with Gasteiger partial charge < -0.3 is 10.5 Å². The van der Waals surface area contributed by atoms with Gasteiger partial charge in [-0.2, -0.15) is 0 Å². The predicted octanol–water partition coefficient (Wildman–Crippen LogP) is 4.00. The Balaban J connectivity index is 2.25. The van der Waals surface area contributed by atoms with Crippen molar-refractivity contribution < 1.29 is 9.13 Å². The molecule has 3 N–H and O–H groups in total. The van der Waals surface area contributed by atoms with Crippen LogP contribution in [0.15, 0.2) is 36.4 Å². The van der Waals surface area contributed by atoms with Crippen molar-refractivity contribution in [3.05, 3.63) is 63.4 Å². The second-order valence-corrected chi connectivity index (χ2v) is 4.87. The molecule has 0 spiro atoms. The standard InChI is InChI=1S/C14H11Cl2FN2O/c15-10-5-4-9(17)6-8(10)7-20-12-3-1-2-11(16)13(12)14(18)19/h1-6H,7H2,(H3,18,19). The van der Waals surface area contributed by atoms with Gasteiger partial charge in [0.2, 0.25) is 0 Å². The number of hydrogen-bond donors (Lipinski definition) is 2. The van der Waals surface area contributed by atoms with Crippen molar-refractivity contribution in [1.82, 2.24) is 0 Å². The van der Waals surface area contributed by atoms with E-state index in [9.17, 15) is 4.39 Å². The van der Waals surface area contributed by atoms with E-state index in [1.54, 1.807) is 18.2 Å². The van der Waals surface area contributed by atoms with E-state index in [4.69, 9.17) is 39.1 Å². The molecule has 0 aromatic heterocycles. The third-order valence-corrected chi connectivity index (χ3v) is 3.32. The Morgan fingerprint density at radius 2 is 1.95 bits per heavy atom. The maximum atomic E-state index is 13.2. The van der Waals surface area contributed by atoms with Gasteiger partial charge in [-0.05, 0) is 30.3 Å². The van der Waals surface area contributed by atoms with Crippen LogP contribution in [-0.4, -0.2) is 5.84 Å². The summed E-state index contributed by atoms with van der Waals surface area (Å²) >= 11 is 11.9. The molecule has 0 aliphatic heterocycles. The van der Waals surface area contributed by atoms with Crippen LogP contribution >= 0.6 is 23.2 Å². The Labute approximate surface area is 125 Å². The Bertz CT molecular complexity index is 662. The monoisotopic (exact) mass is 312 g/mol. The van der Waals surface area contributed by atoms with E-state index in [1.807, 2.05) is 0 Å². The van der Waals surface area contributed by atoms with Crippen LogP contribution in [0.3, 0.4) is 0 Å². The highest BCUT2D eigenvalue weighted by Crippen LogP contribution is 2.27. The summed E-state index contributed by atoms with van der Waals surface area (Å²) in [6.45, 7) is 0.0528. The van der Waals surface area contributed by atoms with Gasteiger partial charge in [-0.15, -0.1) is 0 Å². The number of nitrogen functional groups attached to an aromatic ring is 1. The summed E-state index contributed by atoms with van der Waals surface area (Å²) < 4.78 is 18.7. The summed E-state index contributed by atoms with van der Waals surface area (Å²) in [5.41, 5.74) is 6.28. The zero-order valence-corrected chi connectivity index (χ0v) is 11.8. The summed E-state index contributed by atoms with van der Waals surface area (Å²) in [7, 11) is 0. The Morgan fingerprint density at radius 3 is 2.65 bits per heavy atom. The van der Waals surface area contributed by atoms with Gasteiger partial charge in [-0.1, -0.05) is 29.3 Å². The molecule has 0 radical (unpaired) electrons. The van der Waals surface area contributed by atoms with Crippen LogP contribution in [-0.2, 0) is 6.61 Å².